The number of benzene rings is 1. The summed E-state index contributed by atoms with van der Waals surface area (Å²) < 4.78 is 6.89. The molecular weight excluding hydrogens is 278 g/mol. The predicted molar refractivity (Wildman–Crippen MR) is 74.5 cm³/mol. The van der Waals surface area contributed by atoms with Crippen molar-refractivity contribution in [1.29, 1.82) is 0 Å². The minimum absolute atomic E-state index is 0.202. The van der Waals surface area contributed by atoms with Gasteiger partial charge in [0, 0.05) is 10.9 Å². The lowest BCUT2D eigenvalue weighted by Crippen LogP contribution is -2.24. The van der Waals surface area contributed by atoms with Gasteiger partial charge >= 0.3 is 0 Å². The van der Waals surface area contributed by atoms with Crippen LogP contribution in [0.3, 0.4) is 0 Å². The van der Waals surface area contributed by atoms with Crippen molar-refractivity contribution in [2.75, 3.05) is 13.2 Å². The van der Waals surface area contributed by atoms with Gasteiger partial charge in [-0.05, 0) is 48.1 Å². The molecule has 0 aliphatic carbocycles. The topological polar surface area (TPSA) is 35.2 Å². The molecule has 1 aromatic carbocycles. The Morgan fingerprint density at radius 2 is 2.18 bits per heavy atom. The smallest absolute Gasteiger partial charge is 0.125 e. The highest BCUT2D eigenvalue weighted by molar-refractivity contribution is 9.10. The third-order valence-corrected chi connectivity index (χ3v) is 3.91. The minimum Gasteiger partial charge on any atom is -0.493 e. The fourth-order valence-electron chi connectivity index (χ4n) is 2.11. The van der Waals surface area contributed by atoms with Crippen LogP contribution in [0.4, 0.5) is 0 Å². The molecule has 2 rings (SSSR count). The Kier molecular flexibility index (Phi) is 3.79. The summed E-state index contributed by atoms with van der Waals surface area (Å²) in [6.45, 7) is 5.97. The van der Waals surface area contributed by atoms with Crippen LogP contribution in [0.2, 0.25) is 0 Å². The monoisotopic (exact) mass is 297 g/mol. The zero-order valence-corrected chi connectivity index (χ0v) is 12.1. The van der Waals surface area contributed by atoms with E-state index in [-0.39, 0.29) is 5.41 Å². The number of rotatable bonds is 4. The Labute approximate surface area is 112 Å². The number of nitrogens with two attached hydrogens (primary N) is 1. The van der Waals surface area contributed by atoms with Crippen molar-refractivity contribution in [3.8, 4) is 5.75 Å². The van der Waals surface area contributed by atoms with Gasteiger partial charge in [0.15, 0.2) is 0 Å². The summed E-state index contributed by atoms with van der Waals surface area (Å²) >= 11 is 3.57. The molecule has 1 aliphatic heterocycles. The van der Waals surface area contributed by atoms with Crippen LogP contribution in [0.5, 0.6) is 5.75 Å². The second kappa shape index (κ2) is 4.99. The van der Waals surface area contributed by atoms with Crippen molar-refractivity contribution in [1.82, 2.24) is 0 Å². The Morgan fingerprint density at radius 1 is 1.41 bits per heavy atom. The van der Waals surface area contributed by atoms with Crippen molar-refractivity contribution >= 4 is 15.9 Å². The number of fused-ring (bicyclic) bond motifs is 1. The van der Waals surface area contributed by atoms with E-state index < -0.39 is 0 Å². The average molecular weight is 298 g/mol. The van der Waals surface area contributed by atoms with Crippen LogP contribution in [-0.2, 0) is 12.8 Å². The first kappa shape index (κ1) is 12.9. The van der Waals surface area contributed by atoms with Crippen LogP contribution in [0.1, 0.15) is 31.4 Å². The zero-order valence-electron chi connectivity index (χ0n) is 10.6. The molecule has 0 amide bonds. The lowest BCUT2D eigenvalue weighted by Gasteiger charge is -2.22. The van der Waals surface area contributed by atoms with E-state index in [1.807, 2.05) is 0 Å². The second-order valence-corrected chi connectivity index (χ2v) is 6.44. The van der Waals surface area contributed by atoms with Gasteiger partial charge in [-0.15, -0.1) is 0 Å². The average Bonchev–Trinajstić information content (AvgIpc) is 2.73. The van der Waals surface area contributed by atoms with E-state index >= 15 is 0 Å². The Morgan fingerprint density at radius 3 is 2.88 bits per heavy atom. The third kappa shape index (κ3) is 3.02. The highest BCUT2D eigenvalue weighted by atomic mass is 79.9. The maximum absolute atomic E-state index is 5.77. The van der Waals surface area contributed by atoms with Gasteiger partial charge in [-0.1, -0.05) is 29.8 Å². The van der Waals surface area contributed by atoms with Crippen LogP contribution >= 0.6 is 15.9 Å². The summed E-state index contributed by atoms with van der Waals surface area (Å²) in [7, 11) is 0. The first-order valence-corrected chi connectivity index (χ1v) is 6.95. The van der Waals surface area contributed by atoms with Crippen LogP contribution in [0, 0.1) is 5.41 Å². The number of halogens is 1. The van der Waals surface area contributed by atoms with Crippen molar-refractivity contribution in [2.24, 2.45) is 11.1 Å². The van der Waals surface area contributed by atoms with Crippen LogP contribution in [-0.4, -0.2) is 13.2 Å². The molecule has 0 atom stereocenters. The van der Waals surface area contributed by atoms with Crippen molar-refractivity contribution in [3.63, 3.8) is 0 Å². The van der Waals surface area contributed by atoms with Gasteiger partial charge in [-0.2, -0.15) is 0 Å². The molecule has 0 spiro atoms. The molecular formula is C14H20BrNO. The summed E-state index contributed by atoms with van der Waals surface area (Å²) in [5.74, 6) is 1.11. The highest BCUT2D eigenvalue weighted by Gasteiger charge is 2.20. The second-order valence-electron chi connectivity index (χ2n) is 5.52. The molecule has 17 heavy (non-hydrogen) atoms. The van der Waals surface area contributed by atoms with Gasteiger partial charge in [-0.3, -0.25) is 0 Å². The third-order valence-electron chi connectivity index (χ3n) is 3.45. The molecule has 2 N–H and O–H groups in total. The first-order valence-electron chi connectivity index (χ1n) is 6.16. The number of aryl methyl sites for hydroxylation is 1. The molecule has 0 saturated carbocycles. The number of hydrogen-bond acceptors (Lipinski definition) is 2. The van der Waals surface area contributed by atoms with Gasteiger partial charge in [0.05, 0.1) is 6.61 Å². The minimum atomic E-state index is 0.202. The van der Waals surface area contributed by atoms with E-state index in [2.05, 4.69) is 41.9 Å². The molecule has 1 aliphatic rings. The van der Waals surface area contributed by atoms with Crippen molar-refractivity contribution in [2.45, 2.75) is 33.1 Å². The molecule has 1 heterocycles. The predicted octanol–water partition coefficient (Wildman–Crippen LogP) is 3.30. The van der Waals surface area contributed by atoms with Crippen LogP contribution < -0.4 is 10.5 Å². The van der Waals surface area contributed by atoms with Gasteiger partial charge in [0.25, 0.3) is 0 Å². The molecule has 0 saturated heterocycles. The number of hydrogen-bond donors (Lipinski definition) is 1. The van der Waals surface area contributed by atoms with E-state index in [1.54, 1.807) is 0 Å². The molecule has 0 fully saturated rings. The highest BCUT2D eigenvalue weighted by Crippen LogP contribution is 2.35. The van der Waals surface area contributed by atoms with Crippen molar-refractivity contribution in [3.05, 3.63) is 27.7 Å². The van der Waals surface area contributed by atoms with E-state index in [4.69, 9.17) is 10.5 Å². The maximum atomic E-state index is 5.77. The number of ether oxygens (including phenoxy) is 1. The van der Waals surface area contributed by atoms with Crippen molar-refractivity contribution < 1.29 is 4.74 Å². The summed E-state index contributed by atoms with van der Waals surface area (Å²) in [5, 5.41) is 0. The molecule has 2 nitrogen and oxygen atoms in total. The lowest BCUT2D eigenvalue weighted by molar-refractivity contribution is 0.334. The first-order chi connectivity index (χ1) is 8.02. The summed E-state index contributed by atoms with van der Waals surface area (Å²) in [6.07, 6.45) is 3.16. The largest absolute Gasteiger partial charge is 0.493 e. The van der Waals surface area contributed by atoms with Crippen LogP contribution in [0.15, 0.2) is 16.6 Å². The molecule has 0 aromatic heterocycles. The quantitative estimate of drug-likeness (QED) is 0.925. The maximum Gasteiger partial charge on any atom is 0.125 e. The van der Waals surface area contributed by atoms with E-state index in [1.165, 1.54) is 11.1 Å². The molecule has 94 valence electrons. The zero-order chi connectivity index (χ0) is 12.5. The molecule has 0 unspecified atom stereocenters. The normalized spacial score (nSPS) is 14.6. The molecule has 0 bridgehead atoms. The SMILES string of the molecule is CC(C)(CN)CCc1cc(Br)cc2c1OCC2. The van der Waals surface area contributed by atoms with Crippen LogP contribution in [0.25, 0.3) is 0 Å². The summed E-state index contributed by atoms with van der Waals surface area (Å²) in [6, 6.07) is 4.34. The van der Waals surface area contributed by atoms with Gasteiger partial charge in [0.1, 0.15) is 5.75 Å². The fourth-order valence-corrected chi connectivity index (χ4v) is 2.66. The summed E-state index contributed by atoms with van der Waals surface area (Å²) in [4.78, 5) is 0. The van der Waals surface area contributed by atoms with Gasteiger partial charge in [-0.25, -0.2) is 0 Å². The Hall–Kier alpha value is -0.540. The van der Waals surface area contributed by atoms with E-state index in [0.29, 0.717) is 0 Å². The fraction of sp³-hybridized carbons (Fsp3) is 0.571. The molecule has 3 heteroatoms. The summed E-state index contributed by atoms with van der Waals surface area (Å²) in [5.41, 5.74) is 8.62. The van der Waals surface area contributed by atoms with E-state index in [0.717, 1.165) is 42.6 Å². The standard InChI is InChI=1S/C14H20BrNO/c1-14(2,9-16)5-3-10-7-12(15)8-11-4-6-17-13(10)11/h7-8H,3-6,9,16H2,1-2H3. The van der Waals surface area contributed by atoms with E-state index in [9.17, 15) is 0 Å². The van der Waals surface area contributed by atoms with Gasteiger partial charge < -0.3 is 10.5 Å². The Bertz CT molecular complexity index is 415. The van der Waals surface area contributed by atoms with Gasteiger partial charge in [0.2, 0.25) is 0 Å². The molecule has 0 radical (unpaired) electrons. The molecule has 1 aromatic rings. The Balaban J connectivity index is 2.16. The lowest BCUT2D eigenvalue weighted by atomic mass is 9.86.